The van der Waals surface area contributed by atoms with Crippen molar-refractivity contribution < 1.29 is 9.84 Å². The Morgan fingerprint density at radius 2 is 2.23 bits per heavy atom. The number of nitrogens with zero attached hydrogens (tertiary/aromatic N) is 1. The number of amidine groups is 1. The highest BCUT2D eigenvalue weighted by atomic mass is 127. The van der Waals surface area contributed by atoms with Crippen LogP contribution in [-0.4, -0.2) is 29.3 Å². The van der Waals surface area contributed by atoms with Crippen LogP contribution in [0, 0.1) is 0 Å². The summed E-state index contributed by atoms with van der Waals surface area (Å²) in [5, 5.41) is 13.5. The van der Waals surface area contributed by atoms with Gasteiger partial charge >= 0.3 is 0 Å². The monoisotopic (exact) mass is 436 g/mol. The van der Waals surface area contributed by atoms with E-state index < -0.39 is 12.3 Å². The zero-order valence-electron chi connectivity index (χ0n) is 12.1. The van der Waals surface area contributed by atoms with E-state index >= 15 is 0 Å². The topological polar surface area (TPSA) is 106 Å². The fourth-order valence-electron chi connectivity index (χ4n) is 2.33. The summed E-state index contributed by atoms with van der Waals surface area (Å²) >= 11 is 2.08. The minimum Gasteiger partial charge on any atom is -0.466 e. The third-order valence-corrected chi connectivity index (χ3v) is 4.45. The molecule has 1 aliphatic heterocycles. The molecule has 0 saturated carbocycles. The van der Waals surface area contributed by atoms with Crippen LogP contribution in [0.4, 0.5) is 5.69 Å². The highest BCUT2D eigenvalue weighted by Gasteiger charge is 2.31. The normalized spacial score (nSPS) is 20.0. The van der Waals surface area contributed by atoms with Gasteiger partial charge < -0.3 is 26.6 Å². The molecule has 6 N–H and O–H groups in total. The number of anilines is 1. The maximum Gasteiger partial charge on any atom is 0.197 e. The summed E-state index contributed by atoms with van der Waals surface area (Å²) in [5.74, 6) is 1.39. The largest absolute Gasteiger partial charge is 0.466 e. The molecule has 3 unspecified atom stereocenters. The second kappa shape index (κ2) is 8.80. The van der Waals surface area contributed by atoms with Crippen LogP contribution in [0.25, 0.3) is 0 Å². The molecule has 22 heavy (non-hydrogen) atoms. The molecule has 0 bridgehead atoms. The SMILES string of the molecule is N/C(CCCCC(N)C(O)C1Nc2ccccc2O1)=N\SI. The first-order valence-corrected chi connectivity index (χ1v) is 10.5. The van der Waals surface area contributed by atoms with Crippen LogP contribution in [0.15, 0.2) is 28.7 Å². The van der Waals surface area contributed by atoms with Crippen molar-refractivity contribution in [3.8, 4) is 5.75 Å². The van der Waals surface area contributed by atoms with Gasteiger partial charge in [0.05, 0.1) is 5.69 Å². The Kier molecular flexibility index (Phi) is 7.06. The van der Waals surface area contributed by atoms with Crippen LogP contribution in [0.3, 0.4) is 0 Å². The summed E-state index contributed by atoms with van der Waals surface area (Å²) < 4.78 is 9.73. The van der Waals surface area contributed by atoms with Gasteiger partial charge in [-0.3, -0.25) is 0 Å². The van der Waals surface area contributed by atoms with E-state index in [0.717, 1.165) is 30.7 Å². The van der Waals surface area contributed by atoms with Crippen LogP contribution >= 0.6 is 30.3 Å². The van der Waals surface area contributed by atoms with Gasteiger partial charge in [0.25, 0.3) is 0 Å². The smallest absolute Gasteiger partial charge is 0.197 e. The molecular weight excluding hydrogens is 415 g/mol. The third-order valence-electron chi connectivity index (χ3n) is 3.56. The number of aliphatic hydroxyl groups is 1. The molecule has 8 heteroatoms. The zero-order valence-corrected chi connectivity index (χ0v) is 15.1. The van der Waals surface area contributed by atoms with E-state index in [4.69, 9.17) is 16.2 Å². The van der Waals surface area contributed by atoms with Gasteiger partial charge in [0.15, 0.2) is 6.23 Å². The first kappa shape index (κ1) is 17.6. The molecule has 1 heterocycles. The van der Waals surface area contributed by atoms with Crippen LogP contribution < -0.4 is 21.5 Å². The van der Waals surface area contributed by atoms with Gasteiger partial charge in [0, 0.05) is 42.8 Å². The number of ether oxygens (including phenoxy) is 1. The summed E-state index contributed by atoms with van der Waals surface area (Å²) in [4.78, 5) is 0. The second-order valence-corrected chi connectivity index (χ2v) is 6.73. The van der Waals surface area contributed by atoms with Crippen molar-refractivity contribution in [3.63, 3.8) is 0 Å². The first-order valence-electron chi connectivity index (χ1n) is 7.18. The number of unbranched alkanes of at least 4 members (excludes halogenated alkanes) is 1. The number of halogens is 1. The molecule has 0 saturated heterocycles. The lowest BCUT2D eigenvalue weighted by atomic mass is 10.0. The average molecular weight is 436 g/mol. The Labute approximate surface area is 146 Å². The van der Waals surface area contributed by atoms with E-state index in [-0.39, 0.29) is 6.04 Å². The molecule has 122 valence electrons. The summed E-state index contributed by atoms with van der Waals surface area (Å²) in [6.45, 7) is 0. The van der Waals surface area contributed by atoms with Crippen molar-refractivity contribution in [2.45, 2.75) is 44.1 Å². The van der Waals surface area contributed by atoms with Crippen molar-refractivity contribution in [1.82, 2.24) is 0 Å². The third kappa shape index (κ3) is 4.90. The van der Waals surface area contributed by atoms with Crippen LogP contribution in [0.5, 0.6) is 5.75 Å². The predicted octanol–water partition coefficient (Wildman–Crippen LogP) is 2.42. The van der Waals surface area contributed by atoms with E-state index in [1.807, 2.05) is 24.3 Å². The van der Waals surface area contributed by atoms with Crippen molar-refractivity contribution in [3.05, 3.63) is 24.3 Å². The Morgan fingerprint density at radius 1 is 1.45 bits per heavy atom. The lowest BCUT2D eigenvalue weighted by Gasteiger charge is -2.24. The summed E-state index contributed by atoms with van der Waals surface area (Å²) in [5.41, 5.74) is 12.7. The molecule has 0 aromatic heterocycles. The molecule has 0 radical (unpaired) electrons. The number of fused-ring (bicyclic) bond motifs is 1. The van der Waals surface area contributed by atoms with Crippen molar-refractivity contribution in [1.29, 1.82) is 0 Å². The molecule has 0 fully saturated rings. The van der Waals surface area contributed by atoms with Crippen molar-refractivity contribution in [2.24, 2.45) is 15.9 Å². The standard InChI is InChI=1S/C14H21IN4O2S/c15-22-19-12(17)8-4-1-5-9(16)13(20)14-18-10-6-2-3-7-11(10)21-14/h2-3,6-7,9,13-14,18,20H,1,4-5,8,16H2,(H2,17,19). The molecule has 6 nitrogen and oxygen atoms in total. The van der Waals surface area contributed by atoms with E-state index in [1.165, 1.54) is 9.12 Å². The quantitative estimate of drug-likeness (QED) is 0.164. The van der Waals surface area contributed by atoms with Gasteiger partial charge in [-0.1, -0.05) is 18.6 Å². The van der Waals surface area contributed by atoms with Crippen LogP contribution in [0.1, 0.15) is 25.7 Å². The van der Waals surface area contributed by atoms with E-state index in [9.17, 15) is 5.11 Å². The molecule has 1 aromatic rings. The fraction of sp³-hybridized carbons (Fsp3) is 0.500. The Hall–Kier alpha value is -0.710. The van der Waals surface area contributed by atoms with Gasteiger partial charge in [-0.15, -0.1) is 0 Å². The first-order chi connectivity index (χ1) is 10.6. The lowest BCUT2D eigenvalue weighted by molar-refractivity contribution is 0.0407. The van der Waals surface area contributed by atoms with Crippen LogP contribution in [-0.2, 0) is 0 Å². The molecule has 1 aliphatic rings. The molecule has 3 atom stereocenters. The van der Waals surface area contributed by atoms with Gasteiger partial charge in [0.2, 0.25) is 0 Å². The second-order valence-electron chi connectivity index (χ2n) is 5.23. The minimum atomic E-state index is -0.761. The molecule has 0 aliphatic carbocycles. The number of nitrogens with one attached hydrogen (secondary N) is 1. The van der Waals surface area contributed by atoms with Gasteiger partial charge in [-0.25, -0.2) is 0 Å². The van der Waals surface area contributed by atoms with Gasteiger partial charge in [-0.05, 0) is 25.0 Å². The lowest BCUT2D eigenvalue weighted by Crippen LogP contribution is -2.47. The maximum atomic E-state index is 10.3. The number of hydrogen-bond donors (Lipinski definition) is 4. The van der Waals surface area contributed by atoms with E-state index in [1.54, 1.807) is 0 Å². The Balaban J connectivity index is 1.72. The Bertz CT molecular complexity index is 492. The number of benzene rings is 1. The predicted molar refractivity (Wildman–Crippen MR) is 100 cm³/mol. The van der Waals surface area contributed by atoms with Gasteiger partial charge in [0.1, 0.15) is 17.7 Å². The highest BCUT2D eigenvalue weighted by molar-refractivity contribution is 14.2. The van der Waals surface area contributed by atoms with Crippen molar-refractivity contribution >= 4 is 41.8 Å². The minimum absolute atomic E-state index is 0.344. The number of hydrogen-bond acceptors (Lipinski definition) is 6. The zero-order chi connectivity index (χ0) is 15.9. The number of aliphatic hydroxyl groups excluding tert-OH is 1. The number of rotatable bonds is 8. The highest BCUT2D eigenvalue weighted by Crippen LogP contribution is 2.32. The summed E-state index contributed by atoms with van der Waals surface area (Å²) in [7, 11) is 1.33. The van der Waals surface area contributed by atoms with Crippen LogP contribution in [0.2, 0.25) is 0 Å². The Morgan fingerprint density at radius 3 is 2.95 bits per heavy atom. The fourth-order valence-corrected chi connectivity index (χ4v) is 3.27. The summed E-state index contributed by atoms with van der Waals surface area (Å²) in [6, 6.07) is 7.26. The summed E-state index contributed by atoms with van der Waals surface area (Å²) in [6.07, 6.45) is 2.01. The van der Waals surface area contributed by atoms with E-state index in [2.05, 4.69) is 30.9 Å². The number of nitrogens with two attached hydrogens (primary N) is 2. The van der Waals surface area contributed by atoms with E-state index in [0.29, 0.717) is 12.3 Å². The number of para-hydroxylation sites is 2. The molecule has 1 aromatic carbocycles. The molecule has 0 spiro atoms. The molecule has 0 amide bonds. The molecular formula is C14H21IN4O2S. The van der Waals surface area contributed by atoms with Gasteiger partial charge in [-0.2, -0.15) is 4.40 Å². The van der Waals surface area contributed by atoms with Crippen molar-refractivity contribution in [2.75, 3.05) is 5.32 Å². The molecule has 2 rings (SSSR count). The average Bonchev–Trinajstić information content (AvgIpc) is 2.94. The maximum absolute atomic E-state index is 10.3.